The Kier molecular flexibility index (Phi) is 4.13. The fraction of sp³-hybridized carbons (Fsp3) is 0.250. The first-order valence-corrected chi connectivity index (χ1v) is 6.16. The first kappa shape index (κ1) is 12.8. The largest absolute Gasteiger partial charge is 0.389 e. The third-order valence-electron chi connectivity index (χ3n) is 3.30. The summed E-state index contributed by atoms with van der Waals surface area (Å²) >= 11 is 0. The van der Waals surface area contributed by atoms with E-state index in [1.807, 2.05) is 67.6 Å². The van der Waals surface area contributed by atoms with Crippen molar-refractivity contribution in [3.8, 4) is 0 Å². The van der Waals surface area contributed by atoms with Crippen LogP contribution in [0.5, 0.6) is 0 Å². The van der Waals surface area contributed by atoms with Gasteiger partial charge in [0.2, 0.25) is 0 Å². The summed E-state index contributed by atoms with van der Waals surface area (Å²) in [5.74, 6) is -0.110. The van der Waals surface area contributed by atoms with Gasteiger partial charge in [-0.3, -0.25) is 0 Å². The number of hydrogen-bond donors (Lipinski definition) is 2. The van der Waals surface area contributed by atoms with Crippen LogP contribution in [0, 0.1) is 0 Å². The molecule has 3 atom stereocenters. The first-order valence-electron chi connectivity index (χ1n) is 6.16. The Hall–Kier alpha value is -1.64. The van der Waals surface area contributed by atoms with E-state index in [-0.39, 0.29) is 5.92 Å². The maximum atomic E-state index is 10.2. The minimum Gasteiger partial charge on any atom is -0.389 e. The van der Waals surface area contributed by atoms with Crippen molar-refractivity contribution in [3.63, 3.8) is 0 Å². The lowest BCUT2D eigenvalue weighted by molar-refractivity contribution is 0.00462. The maximum Gasteiger partial charge on any atom is 0.105 e. The molecule has 2 nitrogen and oxygen atoms in total. The van der Waals surface area contributed by atoms with Crippen LogP contribution in [0.4, 0.5) is 0 Å². The quantitative estimate of drug-likeness (QED) is 0.865. The van der Waals surface area contributed by atoms with Gasteiger partial charge >= 0.3 is 0 Å². The predicted octanol–water partition coefficient (Wildman–Crippen LogP) is 2.88. The third-order valence-corrected chi connectivity index (χ3v) is 3.30. The van der Waals surface area contributed by atoms with Crippen LogP contribution in [0.1, 0.15) is 30.1 Å². The van der Waals surface area contributed by atoms with E-state index in [2.05, 4.69) is 0 Å². The van der Waals surface area contributed by atoms with Crippen molar-refractivity contribution in [2.75, 3.05) is 0 Å². The van der Waals surface area contributed by atoms with Crippen LogP contribution in [-0.2, 0) is 0 Å². The van der Waals surface area contributed by atoms with Crippen LogP contribution in [0.2, 0.25) is 0 Å². The Morgan fingerprint density at radius 3 is 1.67 bits per heavy atom. The van der Waals surface area contributed by atoms with Gasteiger partial charge in [-0.15, -0.1) is 0 Å². The van der Waals surface area contributed by atoms with E-state index in [9.17, 15) is 10.2 Å². The summed E-state index contributed by atoms with van der Waals surface area (Å²) in [5.41, 5.74) is 1.77. The van der Waals surface area contributed by atoms with E-state index in [4.69, 9.17) is 0 Å². The van der Waals surface area contributed by atoms with Gasteiger partial charge in [-0.2, -0.15) is 0 Å². The predicted molar refractivity (Wildman–Crippen MR) is 72.3 cm³/mol. The second-order valence-corrected chi connectivity index (χ2v) is 4.55. The van der Waals surface area contributed by atoms with Crippen molar-refractivity contribution in [3.05, 3.63) is 71.8 Å². The number of hydrogen-bond acceptors (Lipinski definition) is 2. The highest BCUT2D eigenvalue weighted by molar-refractivity contribution is 5.23. The molecule has 0 heterocycles. The SMILES string of the molecule is C[C@@H](c1ccccc1)[C@@H](O)[C@@H](O)c1ccccc1. The van der Waals surface area contributed by atoms with E-state index in [1.54, 1.807) is 0 Å². The molecule has 0 saturated carbocycles. The van der Waals surface area contributed by atoms with E-state index in [0.717, 1.165) is 11.1 Å². The molecule has 0 aliphatic carbocycles. The summed E-state index contributed by atoms with van der Waals surface area (Å²) in [7, 11) is 0. The molecule has 2 rings (SSSR count). The van der Waals surface area contributed by atoms with Crippen LogP contribution in [0.15, 0.2) is 60.7 Å². The van der Waals surface area contributed by atoms with Crippen LogP contribution >= 0.6 is 0 Å². The fourth-order valence-corrected chi connectivity index (χ4v) is 2.07. The van der Waals surface area contributed by atoms with Gasteiger partial charge in [-0.05, 0) is 11.1 Å². The molecule has 2 aromatic rings. The number of aliphatic hydroxyl groups excluding tert-OH is 2. The van der Waals surface area contributed by atoms with E-state index in [1.165, 1.54) is 0 Å². The minimum absolute atomic E-state index is 0.110. The van der Waals surface area contributed by atoms with Crippen molar-refractivity contribution < 1.29 is 10.2 Å². The lowest BCUT2D eigenvalue weighted by atomic mass is 9.89. The molecule has 0 radical (unpaired) electrons. The van der Waals surface area contributed by atoms with Gasteiger partial charge in [-0.25, -0.2) is 0 Å². The molecule has 2 heteroatoms. The van der Waals surface area contributed by atoms with E-state index in [0.29, 0.717) is 0 Å². The van der Waals surface area contributed by atoms with Crippen LogP contribution in [0.25, 0.3) is 0 Å². The molecule has 2 N–H and O–H groups in total. The Morgan fingerprint density at radius 2 is 1.17 bits per heavy atom. The van der Waals surface area contributed by atoms with Crippen molar-refractivity contribution >= 4 is 0 Å². The van der Waals surface area contributed by atoms with Crippen LogP contribution in [0.3, 0.4) is 0 Å². The molecular weight excluding hydrogens is 224 g/mol. The third kappa shape index (κ3) is 2.78. The highest BCUT2D eigenvalue weighted by Crippen LogP contribution is 2.28. The molecule has 94 valence electrons. The molecule has 0 unspecified atom stereocenters. The standard InChI is InChI=1S/C16H18O2/c1-12(13-8-4-2-5-9-13)15(17)16(18)14-10-6-3-7-11-14/h2-12,15-18H,1H3/t12-,15+,16-/m0/s1. The van der Waals surface area contributed by atoms with Gasteiger partial charge in [0.25, 0.3) is 0 Å². The van der Waals surface area contributed by atoms with Gasteiger partial charge in [0.15, 0.2) is 0 Å². The summed E-state index contributed by atoms with van der Waals surface area (Å²) in [6.45, 7) is 1.92. The highest BCUT2D eigenvalue weighted by atomic mass is 16.3. The second-order valence-electron chi connectivity index (χ2n) is 4.55. The van der Waals surface area contributed by atoms with E-state index < -0.39 is 12.2 Å². The summed E-state index contributed by atoms with van der Waals surface area (Å²) < 4.78 is 0. The smallest absolute Gasteiger partial charge is 0.105 e. The summed E-state index contributed by atoms with van der Waals surface area (Å²) in [5, 5.41) is 20.4. The van der Waals surface area contributed by atoms with E-state index >= 15 is 0 Å². The molecule has 0 aromatic heterocycles. The topological polar surface area (TPSA) is 40.5 Å². The average molecular weight is 242 g/mol. The lowest BCUT2D eigenvalue weighted by Crippen LogP contribution is -2.24. The average Bonchev–Trinajstić information content (AvgIpc) is 2.47. The Balaban J connectivity index is 2.14. The van der Waals surface area contributed by atoms with Crippen LogP contribution in [-0.4, -0.2) is 16.3 Å². The molecule has 0 spiro atoms. The molecule has 0 amide bonds. The van der Waals surface area contributed by atoms with Gasteiger partial charge in [0.05, 0.1) is 6.10 Å². The molecule has 0 saturated heterocycles. The Morgan fingerprint density at radius 1 is 0.722 bits per heavy atom. The van der Waals surface area contributed by atoms with Crippen molar-refractivity contribution in [2.24, 2.45) is 0 Å². The lowest BCUT2D eigenvalue weighted by Gasteiger charge is -2.24. The zero-order chi connectivity index (χ0) is 13.0. The number of benzene rings is 2. The Bertz CT molecular complexity index is 421. The Labute approximate surface area is 108 Å². The summed E-state index contributed by atoms with van der Waals surface area (Å²) in [6.07, 6.45) is -1.67. The molecule has 2 aromatic carbocycles. The van der Waals surface area contributed by atoms with Gasteiger partial charge in [0.1, 0.15) is 6.10 Å². The monoisotopic (exact) mass is 242 g/mol. The normalized spacial score (nSPS) is 15.9. The molecule has 18 heavy (non-hydrogen) atoms. The fourth-order valence-electron chi connectivity index (χ4n) is 2.07. The van der Waals surface area contributed by atoms with Gasteiger partial charge < -0.3 is 10.2 Å². The number of aliphatic hydroxyl groups is 2. The van der Waals surface area contributed by atoms with Crippen LogP contribution < -0.4 is 0 Å². The zero-order valence-electron chi connectivity index (χ0n) is 10.4. The maximum absolute atomic E-state index is 10.2. The second kappa shape index (κ2) is 5.80. The van der Waals surface area contributed by atoms with Crippen molar-refractivity contribution in [2.45, 2.75) is 25.0 Å². The molecule has 0 aliphatic rings. The molecule has 0 aliphatic heterocycles. The van der Waals surface area contributed by atoms with Gasteiger partial charge in [-0.1, -0.05) is 67.6 Å². The van der Waals surface area contributed by atoms with Crippen molar-refractivity contribution in [1.82, 2.24) is 0 Å². The molecule has 0 bridgehead atoms. The minimum atomic E-state index is -0.860. The molecule has 0 fully saturated rings. The highest BCUT2D eigenvalue weighted by Gasteiger charge is 2.25. The number of rotatable bonds is 4. The van der Waals surface area contributed by atoms with Gasteiger partial charge in [0, 0.05) is 5.92 Å². The zero-order valence-corrected chi connectivity index (χ0v) is 10.4. The summed E-state index contributed by atoms with van der Waals surface area (Å²) in [4.78, 5) is 0. The van der Waals surface area contributed by atoms with Crippen molar-refractivity contribution in [1.29, 1.82) is 0 Å². The first-order chi connectivity index (χ1) is 8.70. The molecular formula is C16H18O2. The summed E-state index contributed by atoms with van der Waals surface area (Å²) in [6, 6.07) is 19.0.